The number of amides is 1. The molecular formula is C22H27NO7. The molecule has 1 unspecified atom stereocenters. The van der Waals surface area contributed by atoms with Gasteiger partial charge in [0.05, 0.1) is 19.8 Å². The number of aryl methyl sites for hydroxylation is 1. The third kappa shape index (κ3) is 6.58. The molecule has 0 spiro atoms. The first-order valence-electron chi connectivity index (χ1n) is 9.46. The maximum absolute atomic E-state index is 12.3. The summed E-state index contributed by atoms with van der Waals surface area (Å²) in [5, 5.41) is 8.92. The summed E-state index contributed by atoms with van der Waals surface area (Å²) in [5.41, 5.74) is 1.26. The second-order valence-corrected chi connectivity index (χ2v) is 6.61. The smallest absolute Gasteiger partial charge is 0.412 e. The maximum Gasteiger partial charge on any atom is 0.412 e. The highest BCUT2D eigenvalue weighted by atomic mass is 16.7. The fourth-order valence-electron chi connectivity index (χ4n) is 2.73. The zero-order valence-electron chi connectivity index (χ0n) is 17.6. The minimum atomic E-state index is -0.951. The van der Waals surface area contributed by atoms with E-state index in [-0.39, 0.29) is 5.56 Å². The van der Waals surface area contributed by atoms with E-state index in [9.17, 15) is 9.59 Å². The Kier molecular flexibility index (Phi) is 8.34. The average molecular weight is 417 g/mol. The number of aromatic carboxylic acids is 1. The monoisotopic (exact) mass is 417 g/mol. The van der Waals surface area contributed by atoms with Crippen LogP contribution in [0.5, 0.6) is 17.2 Å². The van der Waals surface area contributed by atoms with Crippen molar-refractivity contribution in [2.24, 2.45) is 0 Å². The lowest BCUT2D eigenvalue weighted by atomic mass is 10.1. The molecule has 0 radical (unpaired) electrons. The summed E-state index contributed by atoms with van der Waals surface area (Å²) in [6.07, 6.45) is 0.105. The molecule has 1 N–H and O–H groups in total. The lowest BCUT2D eigenvalue weighted by Crippen LogP contribution is -2.33. The minimum Gasteiger partial charge on any atom is -0.497 e. The molecule has 0 saturated heterocycles. The van der Waals surface area contributed by atoms with Gasteiger partial charge in [0.2, 0.25) is 6.29 Å². The van der Waals surface area contributed by atoms with Gasteiger partial charge in [0.1, 0.15) is 5.75 Å². The van der Waals surface area contributed by atoms with E-state index in [1.165, 1.54) is 12.0 Å². The van der Waals surface area contributed by atoms with Crippen molar-refractivity contribution in [3.8, 4) is 17.2 Å². The van der Waals surface area contributed by atoms with Gasteiger partial charge in [0, 0.05) is 26.6 Å². The Hall–Kier alpha value is -3.42. The molecule has 0 heterocycles. The van der Waals surface area contributed by atoms with E-state index in [4.69, 9.17) is 24.1 Å². The van der Waals surface area contributed by atoms with Crippen LogP contribution in [-0.2, 0) is 11.2 Å². The molecule has 0 aliphatic heterocycles. The Bertz CT molecular complexity index is 851. The number of rotatable bonds is 10. The molecule has 30 heavy (non-hydrogen) atoms. The first kappa shape index (κ1) is 22.9. The summed E-state index contributed by atoms with van der Waals surface area (Å²) in [6.45, 7) is 2.11. The molecule has 8 nitrogen and oxygen atoms in total. The van der Waals surface area contributed by atoms with Crippen molar-refractivity contribution in [3.05, 3.63) is 53.6 Å². The molecule has 1 amide bonds. The Morgan fingerprint density at radius 1 is 1.03 bits per heavy atom. The number of carboxylic acid groups (broad SMARTS) is 1. The van der Waals surface area contributed by atoms with Gasteiger partial charge in [-0.05, 0) is 42.7 Å². The highest BCUT2D eigenvalue weighted by Crippen LogP contribution is 2.32. The van der Waals surface area contributed by atoms with E-state index < -0.39 is 18.4 Å². The Labute approximate surface area is 175 Å². The minimum absolute atomic E-state index is 0.252. The number of hydrogen-bond acceptors (Lipinski definition) is 6. The van der Waals surface area contributed by atoms with Crippen molar-refractivity contribution >= 4 is 12.1 Å². The Morgan fingerprint density at radius 2 is 1.73 bits per heavy atom. The Morgan fingerprint density at radius 3 is 2.33 bits per heavy atom. The lowest BCUT2D eigenvalue weighted by molar-refractivity contribution is -0.0322. The van der Waals surface area contributed by atoms with Gasteiger partial charge in [-0.25, -0.2) is 9.59 Å². The standard InChI is InChI=1S/C22H27NO7/c1-15(29-19-12-11-18(27-3)14-20(19)28-4)30-22(26)23(2)13-5-6-16-7-9-17(10-8-16)21(24)25/h7-12,14-15H,5-6,13H2,1-4H3,(H,24,25). The molecule has 8 heteroatoms. The van der Waals surface area contributed by atoms with Gasteiger partial charge in [0.25, 0.3) is 0 Å². The van der Waals surface area contributed by atoms with E-state index in [0.29, 0.717) is 36.6 Å². The van der Waals surface area contributed by atoms with Crippen LogP contribution in [0.15, 0.2) is 42.5 Å². The number of carbonyl (C=O) groups excluding carboxylic acids is 1. The molecule has 0 aromatic heterocycles. The number of methoxy groups -OCH3 is 2. The summed E-state index contributed by atoms with van der Waals surface area (Å²) >= 11 is 0. The number of carbonyl (C=O) groups is 2. The van der Waals surface area contributed by atoms with Crippen LogP contribution < -0.4 is 14.2 Å². The molecule has 1 atom stereocenters. The SMILES string of the molecule is COc1ccc(OC(C)OC(=O)N(C)CCCc2ccc(C(=O)O)cc2)c(OC)c1. The second-order valence-electron chi connectivity index (χ2n) is 6.61. The number of carboxylic acids is 1. The summed E-state index contributed by atoms with van der Waals surface area (Å²) in [6, 6.07) is 11.8. The highest BCUT2D eigenvalue weighted by molar-refractivity contribution is 5.87. The molecule has 0 aliphatic rings. The van der Waals surface area contributed by atoms with Crippen LogP contribution in [0.1, 0.15) is 29.3 Å². The van der Waals surface area contributed by atoms with Crippen molar-refractivity contribution in [2.75, 3.05) is 27.8 Å². The quantitative estimate of drug-likeness (QED) is 0.587. The van der Waals surface area contributed by atoms with Crippen molar-refractivity contribution in [1.29, 1.82) is 0 Å². The van der Waals surface area contributed by atoms with E-state index in [0.717, 1.165) is 5.56 Å². The van der Waals surface area contributed by atoms with Gasteiger partial charge in [-0.2, -0.15) is 0 Å². The lowest BCUT2D eigenvalue weighted by Gasteiger charge is -2.21. The number of nitrogens with zero attached hydrogens (tertiary/aromatic N) is 1. The summed E-state index contributed by atoms with van der Waals surface area (Å²) in [7, 11) is 4.72. The van der Waals surface area contributed by atoms with Crippen LogP contribution in [0.4, 0.5) is 4.79 Å². The Balaban J connectivity index is 1.80. The fourth-order valence-corrected chi connectivity index (χ4v) is 2.73. The first-order chi connectivity index (χ1) is 14.3. The largest absolute Gasteiger partial charge is 0.497 e. The van der Waals surface area contributed by atoms with Crippen LogP contribution >= 0.6 is 0 Å². The fraction of sp³-hybridized carbons (Fsp3) is 0.364. The highest BCUT2D eigenvalue weighted by Gasteiger charge is 2.17. The zero-order chi connectivity index (χ0) is 22.1. The van der Waals surface area contributed by atoms with Crippen molar-refractivity contribution < 1.29 is 33.6 Å². The topological polar surface area (TPSA) is 94.5 Å². The average Bonchev–Trinajstić information content (AvgIpc) is 2.74. The molecule has 2 aromatic rings. The molecule has 162 valence electrons. The predicted molar refractivity (Wildman–Crippen MR) is 110 cm³/mol. The van der Waals surface area contributed by atoms with E-state index in [1.807, 2.05) is 0 Å². The van der Waals surface area contributed by atoms with Gasteiger partial charge < -0.3 is 29.0 Å². The van der Waals surface area contributed by atoms with Crippen molar-refractivity contribution in [2.45, 2.75) is 26.1 Å². The number of hydrogen-bond donors (Lipinski definition) is 1. The van der Waals surface area contributed by atoms with Gasteiger partial charge >= 0.3 is 12.1 Å². The molecule has 0 bridgehead atoms. The van der Waals surface area contributed by atoms with Crippen LogP contribution in [-0.4, -0.2) is 56.2 Å². The van der Waals surface area contributed by atoms with Crippen molar-refractivity contribution in [1.82, 2.24) is 4.90 Å². The molecule has 0 saturated carbocycles. The third-order valence-electron chi connectivity index (χ3n) is 4.40. The third-order valence-corrected chi connectivity index (χ3v) is 4.40. The zero-order valence-corrected chi connectivity index (χ0v) is 17.6. The van der Waals surface area contributed by atoms with E-state index in [1.54, 1.807) is 63.5 Å². The predicted octanol–water partition coefficient (Wildman–Crippen LogP) is 3.83. The van der Waals surface area contributed by atoms with Crippen LogP contribution in [0.3, 0.4) is 0 Å². The first-order valence-corrected chi connectivity index (χ1v) is 9.46. The van der Waals surface area contributed by atoms with Crippen LogP contribution in [0.2, 0.25) is 0 Å². The summed E-state index contributed by atoms with van der Waals surface area (Å²) in [4.78, 5) is 24.6. The van der Waals surface area contributed by atoms with E-state index in [2.05, 4.69) is 0 Å². The number of ether oxygens (including phenoxy) is 4. The number of benzene rings is 2. The van der Waals surface area contributed by atoms with Gasteiger partial charge in [-0.1, -0.05) is 12.1 Å². The molecule has 2 rings (SSSR count). The molecular weight excluding hydrogens is 390 g/mol. The maximum atomic E-state index is 12.3. The second kappa shape index (κ2) is 10.9. The summed E-state index contributed by atoms with van der Waals surface area (Å²) < 4.78 is 21.4. The molecule has 2 aromatic carbocycles. The molecule has 0 aliphatic carbocycles. The van der Waals surface area contributed by atoms with Crippen LogP contribution in [0.25, 0.3) is 0 Å². The summed E-state index contributed by atoms with van der Waals surface area (Å²) in [5.74, 6) is 0.583. The van der Waals surface area contributed by atoms with Gasteiger partial charge in [-0.15, -0.1) is 0 Å². The van der Waals surface area contributed by atoms with E-state index >= 15 is 0 Å². The normalized spacial score (nSPS) is 11.3. The van der Waals surface area contributed by atoms with Crippen molar-refractivity contribution in [3.63, 3.8) is 0 Å². The molecule has 0 fully saturated rings. The van der Waals surface area contributed by atoms with Gasteiger partial charge in [0.15, 0.2) is 11.5 Å². The van der Waals surface area contributed by atoms with Crippen LogP contribution in [0, 0.1) is 0 Å². The van der Waals surface area contributed by atoms with Gasteiger partial charge in [-0.3, -0.25) is 0 Å².